The van der Waals surface area contributed by atoms with Crippen molar-refractivity contribution in [3.8, 4) is 0 Å². The van der Waals surface area contributed by atoms with E-state index < -0.39 is 39.4 Å². The van der Waals surface area contributed by atoms with Crippen LogP contribution in [0.25, 0.3) is 0 Å². The maximum atomic E-state index is 13.4. The maximum Gasteiger partial charge on any atom is 0.256 e. The van der Waals surface area contributed by atoms with Gasteiger partial charge in [0.25, 0.3) is 10.0 Å². The van der Waals surface area contributed by atoms with E-state index in [0.29, 0.717) is 18.0 Å². The van der Waals surface area contributed by atoms with Gasteiger partial charge in [0.2, 0.25) is 10.0 Å². The van der Waals surface area contributed by atoms with E-state index in [0.717, 1.165) is 9.27 Å². The van der Waals surface area contributed by atoms with Gasteiger partial charge < -0.3 is 0 Å². The smallest absolute Gasteiger partial charge is 0.211 e. The number of nitrogens with zero attached hydrogens (tertiary/aromatic N) is 1. The highest BCUT2D eigenvalue weighted by atomic mass is 32.3. The molecule has 1 aliphatic rings. The Balaban J connectivity index is 2.14. The van der Waals surface area contributed by atoms with Crippen molar-refractivity contribution in [3.05, 3.63) is 65.7 Å². The van der Waals surface area contributed by atoms with Gasteiger partial charge in [0.1, 0.15) is 0 Å². The Kier molecular flexibility index (Phi) is 5.61. The zero-order chi connectivity index (χ0) is 20.7. The summed E-state index contributed by atoms with van der Waals surface area (Å²) < 4.78 is 54.4. The van der Waals surface area contributed by atoms with Gasteiger partial charge in [0.05, 0.1) is 16.2 Å². The predicted molar refractivity (Wildman–Crippen MR) is 115 cm³/mol. The summed E-state index contributed by atoms with van der Waals surface area (Å²) in [6, 6.07) is 15.2. The largest absolute Gasteiger partial charge is 0.256 e. The Hall–Kier alpha value is -1.48. The van der Waals surface area contributed by atoms with Crippen LogP contribution >= 0.6 is 0 Å². The normalized spacial score (nSPS) is 23.0. The maximum absolute atomic E-state index is 13.4. The predicted octanol–water partition coefficient (Wildman–Crippen LogP) is 4.17. The van der Waals surface area contributed by atoms with Crippen LogP contribution in [0.3, 0.4) is 0 Å². The fourth-order valence-electron chi connectivity index (χ4n) is 3.70. The van der Waals surface area contributed by atoms with Crippen molar-refractivity contribution in [2.24, 2.45) is 0 Å². The first kappa shape index (κ1) is 21.2. The minimum absolute atomic E-state index is 0.0104. The van der Waals surface area contributed by atoms with Crippen molar-refractivity contribution < 1.29 is 16.8 Å². The number of aryl methyl sites for hydroxylation is 1. The average molecular weight is 438 g/mol. The molecule has 152 valence electrons. The van der Waals surface area contributed by atoms with Crippen molar-refractivity contribution in [1.82, 2.24) is 3.71 Å². The van der Waals surface area contributed by atoms with E-state index in [1.165, 1.54) is 12.1 Å². The van der Waals surface area contributed by atoms with Crippen LogP contribution in [0.4, 0.5) is 0 Å². The number of sulfonamides is 2. The Labute approximate surface area is 169 Å². The van der Waals surface area contributed by atoms with Gasteiger partial charge >= 0.3 is 0 Å². The zero-order valence-corrected chi connectivity index (χ0v) is 19.3. The SMILES string of the molecule is Cc1ccc(S(=O)(=O)N2[C@@H](c3ccccc3)CC(C[Si](C)(C)C)S2(=O)=O)cc1. The number of benzene rings is 2. The van der Waals surface area contributed by atoms with E-state index in [1.807, 2.05) is 25.1 Å². The lowest BCUT2D eigenvalue weighted by Crippen LogP contribution is -2.38. The molecule has 1 heterocycles. The van der Waals surface area contributed by atoms with Crippen molar-refractivity contribution in [3.63, 3.8) is 0 Å². The van der Waals surface area contributed by atoms with Gasteiger partial charge in [-0.25, -0.2) is 16.8 Å². The van der Waals surface area contributed by atoms with E-state index in [9.17, 15) is 16.8 Å². The minimum Gasteiger partial charge on any atom is -0.211 e. The molecule has 3 rings (SSSR count). The van der Waals surface area contributed by atoms with Crippen LogP contribution in [0.1, 0.15) is 23.6 Å². The first-order chi connectivity index (χ1) is 12.9. The molecule has 8 heteroatoms. The van der Waals surface area contributed by atoms with Crippen LogP contribution in [0.2, 0.25) is 25.7 Å². The van der Waals surface area contributed by atoms with Crippen LogP contribution in [0.15, 0.2) is 59.5 Å². The van der Waals surface area contributed by atoms with Crippen LogP contribution < -0.4 is 0 Å². The minimum atomic E-state index is -4.19. The highest BCUT2D eigenvalue weighted by Crippen LogP contribution is 2.45. The van der Waals surface area contributed by atoms with Gasteiger partial charge in [-0.1, -0.05) is 71.4 Å². The summed E-state index contributed by atoms with van der Waals surface area (Å²) in [6.45, 7) is 8.19. The lowest BCUT2D eigenvalue weighted by molar-refractivity contribution is 0.454. The van der Waals surface area contributed by atoms with Crippen molar-refractivity contribution >= 4 is 28.1 Å². The molecule has 0 spiro atoms. The summed E-state index contributed by atoms with van der Waals surface area (Å²) in [5.74, 6) is 0. The Bertz CT molecular complexity index is 1040. The quantitative estimate of drug-likeness (QED) is 0.658. The van der Waals surface area contributed by atoms with Gasteiger partial charge in [-0.3, -0.25) is 0 Å². The topological polar surface area (TPSA) is 71.5 Å². The zero-order valence-electron chi connectivity index (χ0n) is 16.7. The van der Waals surface area contributed by atoms with Crippen LogP contribution in [0, 0.1) is 6.92 Å². The van der Waals surface area contributed by atoms with Gasteiger partial charge in [-0.15, -0.1) is 0 Å². The first-order valence-corrected chi connectivity index (χ1v) is 16.0. The van der Waals surface area contributed by atoms with Gasteiger partial charge in [0, 0.05) is 8.07 Å². The molecule has 2 atom stereocenters. The number of rotatable bonds is 5. The molecule has 1 fully saturated rings. The molecule has 0 aromatic heterocycles. The summed E-state index contributed by atoms with van der Waals surface area (Å²) in [5.41, 5.74) is 1.62. The second kappa shape index (κ2) is 7.40. The van der Waals surface area contributed by atoms with Gasteiger partial charge in [-0.2, -0.15) is 0 Å². The van der Waals surface area contributed by atoms with Crippen molar-refractivity contribution in [1.29, 1.82) is 0 Å². The number of hydrogen-bond acceptors (Lipinski definition) is 4. The van der Waals surface area contributed by atoms with Crippen LogP contribution in [0.5, 0.6) is 0 Å². The highest BCUT2D eigenvalue weighted by Gasteiger charge is 2.53. The van der Waals surface area contributed by atoms with E-state index >= 15 is 0 Å². The average Bonchev–Trinajstić information content (AvgIpc) is 2.86. The second-order valence-electron chi connectivity index (χ2n) is 8.64. The van der Waals surface area contributed by atoms with Gasteiger partial charge in [-0.05, 0) is 37.1 Å². The van der Waals surface area contributed by atoms with E-state index in [-0.39, 0.29) is 4.90 Å². The highest BCUT2D eigenvalue weighted by molar-refractivity contribution is 8.04. The molecule has 1 aliphatic heterocycles. The molecule has 0 saturated carbocycles. The van der Waals surface area contributed by atoms with E-state index in [4.69, 9.17) is 0 Å². The molecule has 1 unspecified atom stereocenters. The first-order valence-electron chi connectivity index (χ1n) is 9.33. The molecule has 2 aromatic rings. The van der Waals surface area contributed by atoms with E-state index in [2.05, 4.69) is 19.6 Å². The third kappa shape index (κ3) is 4.10. The third-order valence-electron chi connectivity index (χ3n) is 4.99. The van der Waals surface area contributed by atoms with Crippen molar-refractivity contribution in [2.75, 3.05) is 0 Å². The Morgan fingerprint density at radius 2 is 1.57 bits per heavy atom. The molecular formula is C20H27NO4S2Si. The fraction of sp³-hybridized carbons (Fsp3) is 0.400. The molecule has 1 saturated heterocycles. The molecule has 2 aromatic carbocycles. The van der Waals surface area contributed by atoms with E-state index in [1.54, 1.807) is 24.3 Å². The summed E-state index contributed by atoms with van der Waals surface area (Å²) >= 11 is 0. The second-order valence-corrected chi connectivity index (χ2v) is 18.3. The third-order valence-corrected chi connectivity index (χ3v) is 11.8. The summed E-state index contributed by atoms with van der Waals surface area (Å²) in [7, 11) is -9.90. The van der Waals surface area contributed by atoms with Crippen LogP contribution in [-0.2, 0) is 20.0 Å². The number of hydrogen-bond donors (Lipinski definition) is 0. The van der Waals surface area contributed by atoms with Gasteiger partial charge in [0.15, 0.2) is 0 Å². The molecule has 5 nitrogen and oxygen atoms in total. The Morgan fingerprint density at radius 3 is 2.11 bits per heavy atom. The fourth-order valence-corrected chi connectivity index (χ4v) is 11.8. The molecule has 0 radical (unpaired) electrons. The van der Waals surface area contributed by atoms with Crippen molar-refractivity contribution in [2.45, 2.75) is 55.2 Å². The summed E-state index contributed by atoms with van der Waals surface area (Å²) in [4.78, 5) is 0.0104. The molecule has 0 N–H and O–H groups in total. The summed E-state index contributed by atoms with van der Waals surface area (Å²) in [5, 5.41) is -0.676. The Morgan fingerprint density at radius 1 is 1.00 bits per heavy atom. The molecule has 28 heavy (non-hydrogen) atoms. The monoisotopic (exact) mass is 437 g/mol. The summed E-state index contributed by atoms with van der Waals surface area (Å²) in [6.07, 6.45) is 0.293. The standard InChI is InChI=1S/C20H27NO4S2Si/c1-16-10-12-18(13-11-16)26(22,23)21-20(17-8-6-5-7-9-17)14-19(27(21,24)25)15-28(2,3)4/h5-13,19-20H,14-15H2,1-4H3/t19?,20-/m1/s1. The molecule has 0 amide bonds. The molecule has 0 bridgehead atoms. The van der Waals surface area contributed by atoms with Crippen LogP contribution in [-0.4, -0.2) is 33.9 Å². The molecular weight excluding hydrogens is 410 g/mol. The lowest BCUT2D eigenvalue weighted by Gasteiger charge is -2.24. The molecule has 0 aliphatic carbocycles. The lowest BCUT2D eigenvalue weighted by atomic mass is 10.0.